The van der Waals surface area contributed by atoms with Gasteiger partial charge in [-0.3, -0.25) is 9.59 Å². The lowest BCUT2D eigenvalue weighted by Crippen LogP contribution is -2.37. The average molecular weight is 391 g/mol. The largest absolute Gasteiger partial charge is 0.508 e. The molecular weight excluding hydrogens is 374 g/mol. The van der Waals surface area contributed by atoms with E-state index in [1.54, 1.807) is 41.3 Å². The number of anilines is 3. The lowest BCUT2D eigenvalue weighted by Gasteiger charge is -2.31. The first kappa shape index (κ1) is 18.2. The Morgan fingerprint density at radius 3 is 2.72 bits per heavy atom. The number of phenolic OH excluding ortho intramolecular Hbond substituents is 1. The molecule has 4 N–H and O–H groups in total. The molecule has 0 saturated heterocycles. The summed E-state index contributed by atoms with van der Waals surface area (Å²) in [4.78, 5) is 34.9. The molecule has 2 heterocycles. The molecule has 0 aliphatic carbocycles. The third-order valence-electron chi connectivity index (χ3n) is 4.43. The van der Waals surface area contributed by atoms with E-state index in [4.69, 9.17) is 10.5 Å². The average Bonchev–Trinajstić information content (AvgIpc) is 2.72. The highest BCUT2D eigenvalue weighted by Crippen LogP contribution is 2.40. The molecule has 9 heteroatoms. The van der Waals surface area contributed by atoms with E-state index in [2.05, 4.69) is 15.3 Å². The number of carbonyl (C=O) groups is 2. The molecule has 2 amide bonds. The van der Waals surface area contributed by atoms with E-state index >= 15 is 0 Å². The van der Waals surface area contributed by atoms with Gasteiger partial charge >= 0.3 is 0 Å². The Labute approximate surface area is 165 Å². The number of hydrogen-bond acceptors (Lipinski definition) is 7. The molecule has 0 atom stereocenters. The second kappa shape index (κ2) is 7.12. The number of aromatic nitrogens is 2. The van der Waals surface area contributed by atoms with Crippen molar-refractivity contribution in [3.63, 3.8) is 0 Å². The van der Waals surface area contributed by atoms with Gasteiger partial charge in [0.1, 0.15) is 23.7 Å². The van der Waals surface area contributed by atoms with Crippen LogP contribution in [0.25, 0.3) is 11.4 Å². The monoisotopic (exact) mass is 391 g/mol. The predicted octanol–water partition coefficient (Wildman–Crippen LogP) is 2.05. The highest BCUT2D eigenvalue weighted by atomic mass is 16.5. The van der Waals surface area contributed by atoms with E-state index in [-0.39, 0.29) is 35.4 Å². The van der Waals surface area contributed by atoms with Gasteiger partial charge in [-0.15, -0.1) is 0 Å². The number of nitrogens with zero attached hydrogens (tertiary/aromatic N) is 3. The van der Waals surface area contributed by atoms with Gasteiger partial charge in [0, 0.05) is 5.56 Å². The summed E-state index contributed by atoms with van der Waals surface area (Å²) in [5.74, 6) is -0.113. The van der Waals surface area contributed by atoms with Crippen LogP contribution in [-0.2, 0) is 4.79 Å². The minimum Gasteiger partial charge on any atom is -0.508 e. The lowest BCUT2D eigenvalue weighted by molar-refractivity contribution is -0.115. The van der Waals surface area contributed by atoms with E-state index in [1.807, 2.05) is 0 Å². The van der Waals surface area contributed by atoms with Gasteiger partial charge < -0.3 is 25.8 Å². The van der Waals surface area contributed by atoms with E-state index in [0.29, 0.717) is 22.8 Å². The number of nitrogens with two attached hydrogens (primary N) is 1. The number of amides is 2. The van der Waals surface area contributed by atoms with E-state index in [1.165, 1.54) is 19.2 Å². The standard InChI is InChI=1S/C20H17N5O4/c1-29-14-8-3-2-7-13(14)25-10-15(27)22-17-16(18(21)28)23-19(24-20(17)25)11-5-4-6-12(26)9-11/h2-9,26H,10H2,1H3,(H2,21,28)(H,22,27). The molecule has 0 bridgehead atoms. The van der Waals surface area contributed by atoms with Gasteiger partial charge in [0.25, 0.3) is 5.91 Å². The molecule has 1 aliphatic rings. The minimum atomic E-state index is -0.813. The first-order valence-electron chi connectivity index (χ1n) is 8.69. The minimum absolute atomic E-state index is 0.0272. The van der Waals surface area contributed by atoms with Crippen molar-refractivity contribution in [2.45, 2.75) is 0 Å². The fraction of sp³-hybridized carbons (Fsp3) is 0.100. The van der Waals surface area contributed by atoms with Crippen LogP contribution in [0.3, 0.4) is 0 Å². The van der Waals surface area contributed by atoms with Crippen molar-refractivity contribution in [3.8, 4) is 22.9 Å². The molecular formula is C20H17N5O4. The Hall–Kier alpha value is -4.14. The van der Waals surface area contributed by atoms with Gasteiger partial charge in [0.2, 0.25) is 5.91 Å². The number of phenols is 1. The number of nitrogens with one attached hydrogen (secondary N) is 1. The number of primary amides is 1. The molecule has 1 aliphatic heterocycles. The van der Waals surface area contributed by atoms with Crippen LogP contribution >= 0.6 is 0 Å². The van der Waals surface area contributed by atoms with Gasteiger partial charge in [-0.1, -0.05) is 24.3 Å². The summed E-state index contributed by atoms with van der Waals surface area (Å²) >= 11 is 0. The number of aromatic hydroxyl groups is 1. The van der Waals surface area contributed by atoms with Crippen molar-refractivity contribution in [2.24, 2.45) is 5.73 Å². The fourth-order valence-electron chi connectivity index (χ4n) is 3.16. The summed E-state index contributed by atoms with van der Waals surface area (Å²) in [7, 11) is 1.52. The number of rotatable bonds is 4. The third kappa shape index (κ3) is 3.29. The number of fused-ring (bicyclic) bond motifs is 1. The highest BCUT2D eigenvalue weighted by Gasteiger charge is 2.31. The van der Waals surface area contributed by atoms with E-state index in [9.17, 15) is 14.7 Å². The third-order valence-corrected chi connectivity index (χ3v) is 4.43. The van der Waals surface area contributed by atoms with Crippen molar-refractivity contribution < 1.29 is 19.4 Å². The van der Waals surface area contributed by atoms with Gasteiger partial charge in [0.05, 0.1) is 12.8 Å². The van der Waals surface area contributed by atoms with E-state index in [0.717, 1.165) is 0 Å². The molecule has 1 aromatic heterocycles. The van der Waals surface area contributed by atoms with Crippen molar-refractivity contribution in [3.05, 3.63) is 54.2 Å². The normalized spacial score (nSPS) is 12.9. The summed E-state index contributed by atoms with van der Waals surface area (Å²) in [6.07, 6.45) is 0. The van der Waals surface area contributed by atoms with Gasteiger partial charge in [-0.25, -0.2) is 9.97 Å². The molecule has 0 unspecified atom stereocenters. The molecule has 29 heavy (non-hydrogen) atoms. The van der Waals surface area contributed by atoms with Crippen molar-refractivity contribution >= 4 is 29.0 Å². The van der Waals surface area contributed by atoms with Gasteiger partial charge in [-0.2, -0.15) is 0 Å². The van der Waals surface area contributed by atoms with Crippen LogP contribution in [-0.4, -0.2) is 40.5 Å². The number of para-hydroxylation sites is 2. The summed E-state index contributed by atoms with van der Waals surface area (Å²) in [6.45, 7) is -0.0396. The summed E-state index contributed by atoms with van der Waals surface area (Å²) in [6, 6.07) is 13.5. The molecule has 3 aromatic rings. The molecule has 2 aromatic carbocycles. The van der Waals surface area contributed by atoms with Gasteiger partial charge in [0.15, 0.2) is 17.3 Å². The number of methoxy groups -OCH3 is 1. The van der Waals surface area contributed by atoms with Crippen molar-refractivity contribution in [2.75, 3.05) is 23.9 Å². The van der Waals surface area contributed by atoms with Crippen LogP contribution in [0.15, 0.2) is 48.5 Å². The SMILES string of the molecule is COc1ccccc1N1CC(=O)Nc2c(C(N)=O)nc(-c3cccc(O)c3)nc21. The maximum absolute atomic E-state index is 12.3. The number of benzene rings is 2. The first-order chi connectivity index (χ1) is 14.0. The molecule has 146 valence electrons. The number of ether oxygens (including phenoxy) is 1. The summed E-state index contributed by atoms with van der Waals surface area (Å²) < 4.78 is 5.42. The summed E-state index contributed by atoms with van der Waals surface area (Å²) in [5.41, 5.74) is 6.62. The van der Waals surface area contributed by atoms with Crippen LogP contribution in [0.4, 0.5) is 17.2 Å². The van der Waals surface area contributed by atoms with Crippen LogP contribution in [0.5, 0.6) is 11.5 Å². The molecule has 9 nitrogen and oxygen atoms in total. The second-order valence-corrected chi connectivity index (χ2v) is 6.32. The van der Waals surface area contributed by atoms with Crippen LogP contribution in [0.2, 0.25) is 0 Å². The predicted molar refractivity (Wildman–Crippen MR) is 106 cm³/mol. The number of hydrogen-bond donors (Lipinski definition) is 3. The topological polar surface area (TPSA) is 131 Å². The van der Waals surface area contributed by atoms with Crippen LogP contribution < -0.4 is 20.7 Å². The highest BCUT2D eigenvalue weighted by molar-refractivity contribution is 6.09. The molecule has 0 spiro atoms. The maximum Gasteiger partial charge on any atom is 0.269 e. The molecule has 0 radical (unpaired) electrons. The zero-order chi connectivity index (χ0) is 20.5. The Morgan fingerprint density at radius 1 is 1.21 bits per heavy atom. The Morgan fingerprint density at radius 2 is 2.00 bits per heavy atom. The zero-order valence-corrected chi connectivity index (χ0v) is 15.4. The van der Waals surface area contributed by atoms with Gasteiger partial charge in [-0.05, 0) is 24.3 Å². The fourth-order valence-corrected chi connectivity index (χ4v) is 3.16. The molecule has 4 rings (SSSR count). The Bertz CT molecular complexity index is 1130. The van der Waals surface area contributed by atoms with Crippen molar-refractivity contribution in [1.29, 1.82) is 0 Å². The second-order valence-electron chi connectivity index (χ2n) is 6.32. The van der Waals surface area contributed by atoms with Crippen LogP contribution in [0, 0.1) is 0 Å². The van der Waals surface area contributed by atoms with Crippen molar-refractivity contribution in [1.82, 2.24) is 9.97 Å². The molecule has 0 fully saturated rings. The Balaban J connectivity index is 1.97. The quantitative estimate of drug-likeness (QED) is 0.620. The smallest absolute Gasteiger partial charge is 0.269 e. The zero-order valence-electron chi connectivity index (χ0n) is 15.4. The summed E-state index contributed by atoms with van der Waals surface area (Å²) in [5, 5.41) is 12.4. The van der Waals surface area contributed by atoms with E-state index < -0.39 is 5.91 Å². The maximum atomic E-state index is 12.3. The van der Waals surface area contributed by atoms with Crippen LogP contribution in [0.1, 0.15) is 10.5 Å². The Kier molecular flexibility index (Phi) is 4.47. The lowest BCUT2D eigenvalue weighted by atomic mass is 10.1. The number of carbonyl (C=O) groups excluding carboxylic acids is 2. The molecule has 0 saturated carbocycles. The first-order valence-corrected chi connectivity index (χ1v) is 8.69.